The molecule has 0 bridgehead atoms. The number of benzene rings is 1. The molecule has 1 aromatic heterocycles. The first-order chi connectivity index (χ1) is 7.72. The summed E-state index contributed by atoms with van der Waals surface area (Å²) < 4.78 is 1.84. The molecule has 0 spiro atoms. The number of nitrogens with zero attached hydrogens (tertiary/aromatic N) is 2. The summed E-state index contributed by atoms with van der Waals surface area (Å²) in [6, 6.07) is 8.16. The van der Waals surface area contributed by atoms with Crippen molar-refractivity contribution >= 4 is 11.6 Å². The van der Waals surface area contributed by atoms with Crippen molar-refractivity contribution in [2.45, 2.75) is 13.3 Å². The minimum absolute atomic E-state index is 0.567. The maximum Gasteiger partial charge on any atom is 0.0823 e. The molecule has 3 nitrogen and oxygen atoms in total. The molecule has 2 aromatic rings. The molecular weight excluding hydrogens is 222 g/mol. The first kappa shape index (κ1) is 11.2. The molecular formula is C12H14ClN3. The van der Waals surface area contributed by atoms with E-state index in [9.17, 15) is 0 Å². The predicted octanol–water partition coefficient (Wildman–Crippen LogP) is 2.34. The van der Waals surface area contributed by atoms with E-state index in [1.165, 1.54) is 5.56 Å². The molecule has 0 radical (unpaired) electrons. The van der Waals surface area contributed by atoms with Crippen LogP contribution >= 0.6 is 11.6 Å². The van der Waals surface area contributed by atoms with Crippen LogP contribution in [0.15, 0.2) is 30.5 Å². The Kier molecular flexibility index (Phi) is 3.27. The molecule has 0 aliphatic carbocycles. The van der Waals surface area contributed by atoms with Gasteiger partial charge in [0.1, 0.15) is 0 Å². The zero-order valence-corrected chi connectivity index (χ0v) is 9.91. The van der Waals surface area contributed by atoms with E-state index in [2.05, 4.69) is 24.2 Å². The summed E-state index contributed by atoms with van der Waals surface area (Å²) in [5, 5.41) is 4.94. The van der Waals surface area contributed by atoms with Crippen LogP contribution in [0.2, 0.25) is 5.02 Å². The van der Waals surface area contributed by atoms with Crippen LogP contribution in [0.1, 0.15) is 11.3 Å². The van der Waals surface area contributed by atoms with Crippen molar-refractivity contribution < 1.29 is 0 Å². The molecule has 0 amide bonds. The average molecular weight is 236 g/mol. The van der Waals surface area contributed by atoms with Crippen LogP contribution in [-0.4, -0.2) is 16.3 Å². The number of hydrogen-bond acceptors (Lipinski definition) is 2. The van der Waals surface area contributed by atoms with Gasteiger partial charge in [-0.3, -0.25) is 0 Å². The van der Waals surface area contributed by atoms with Crippen molar-refractivity contribution in [1.29, 1.82) is 0 Å². The van der Waals surface area contributed by atoms with Crippen molar-refractivity contribution in [2.75, 3.05) is 6.54 Å². The zero-order chi connectivity index (χ0) is 11.5. The molecule has 84 valence electrons. The molecule has 2 rings (SSSR count). The summed E-state index contributed by atoms with van der Waals surface area (Å²) in [6.45, 7) is 2.62. The van der Waals surface area contributed by atoms with Crippen LogP contribution in [0.3, 0.4) is 0 Å². The summed E-state index contributed by atoms with van der Waals surface area (Å²) in [4.78, 5) is 0. The number of aryl methyl sites for hydroxylation is 1. The van der Waals surface area contributed by atoms with E-state index in [4.69, 9.17) is 17.3 Å². The molecule has 1 heterocycles. The Morgan fingerprint density at radius 3 is 2.62 bits per heavy atom. The number of halogens is 1. The molecule has 0 atom stereocenters. The summed E-state index contributed by atoms with van der Waals surface area (Å²) in [7, 11) is 0. The first-order valence-electron chi connectivity index (χ1n) is 5.22. The SMILES string of the molecule is Cc1ccc(-n2ncc(Cl)c2CCN)cc1. The highest BCUT2D eigenvalue weighted by atomic mass is 35.5. The summed E-state index contributed by atoms with van der Waals surface area (Å²) in [5.74, 6) is 0. The van der Waals surface area contributed by atoms with Crippen LogP contribution in [0, 0.1) is 6.92 Å². The van der Waals surface area contributed by atoms with Crippen LogP contribution in [0.25, 0.3) is 5.69 Å². The van der Waals surface area contributed by atoms with Gasteiger partial charge < -0.3 is 5.73 Å². The second kappa shape index (κ2) is 4.68. The van der Waals surface area contributed by atoms with Gasteiger partial charge in [0.2, 0.25) is 0 Å². The predicted molar refractivity (Wildman–Crippen MR) is 66.1 cm³/mol. The van der Waals surface area contributed by atoms with Crippen molar-refractivity contribution in [3.05, 3.63) is 46.7 Å². The van der Waals surface area contributed by atoms with Gasteiger partial charge in [0, 0.05) is 6.42 Å². The van der Waals surface area contributed by atoms with E-state index in [1.807, 2.05) is 16.8 Å². The van der Waals surface area contributed by atoms with Crippen molar-refractivity contribution in [3.63, 3.8) is 0 Å². The summed E-state index contributed by atoms with van der Waals surface area (Å²) in [5.41, 5.74) is 8.76. The highest BCUT2D eigenvalue weighted by Gasteiger charge is 2.09. The normalized spacial score (nSPS) is 10.7. The van der Waals surface area contributed by atoms with E-state index in [-0.39, 0.29) is 0 Å². The van der Waals surface area contributed by atoms with Crippen LogP contribution in [0.4, 0.5) is 0 Å². The fourth-order valence-electron chi connectivity index (χ4n) is 1.62. The van der Waals surface area contributed by atoms with Gasteiger partial charge in [-0.15, -0.1) is 0 Å². The van der Waals surface area contributed by atoms with Gasteiger partial charge in [0.25, 0.3) is 0 Å². The van der Waals surface area contributed by atoms with Crippen LogP contribution in [0.5, 0.6) is 0 Å². The second-order valence-corrected chi connectivity index (χ2v) is 4.13. The lowest BCUT2D eigenvalue weighted by Crippen LogP contribution is -2.09. The Morgan fingerprint density at radius 2 is 2.00 bits per heavy atom. The standard InChI is InChI=1S/C12H14ClN3/c1-9-2-4-10(5-3-9)16-12(6-7-14)11(13)8-15-16/h2-5,8H,6-7,14H2,1H3. The maximum absolute atomic E-state index is 6.07. The Labute approximate surface area is 99.8 Å². The molecule has 0 saturated carbocycles. The smallest absolute Gasteiger partial charge is 0.0823 e. The fraction of sp³-hybridized carbons (Fsp3) is 0.250. The Balaban J connectivity index is 2.43. The molecule has 0 saturated heterocycles. The van der Waals surface area contributed by atoms with Gasteiger partial charge in [0.05, 0.1) is 22.6 Å². The molecule has 0 aliphatic rings. The van der Waals surface area contributed by atoms with Crippen LogP contribution in [-0.2, 0) is 6.42 Å². The second-order valence-electron chi connectivity index (χ2n) is 3.73. The molecule has 1 aromatic carbocycles. The molecule has 16 heavy (non-hydrogen) atoms. The lowest BCUT2D eigenvalue weighted by atomic mass is 10.2. The minimum Gasteiger partial charge on any atom is -0.330 e. The van der Waals surface area contributed by atoms with Crippen molar-refractivity contribution in [3.8, 4) is 5.69 Å². The molecule has 0 unspecified atom stereocenters. The van der Waals surface area contributed by atoms with E-state index in [0.717, 1.165) is 17.8 Å². The average Bonchev–Trinajstić information content (AvgIpc) is 2.63. The minimum atomic E-state index is 0.567. The Bertz CT molecular complexity index is 474. The van der Waals surface area contributed by atoms with Gasteiger partial charge in [-0.05, 0) is 25.6 Å². The molecule has 0 fully saturated rings. The molecule has 2 N–H and O–H groups in total. The van der Waals surface area contributed by atoms with E-state index in [1.54, 1.807) is 6.20 Å². The Morgan fingerprint density at radius 1 is 1.31 bits per heavy atom. The van der Waals surface area contributed by atoms with E-state index >= 15 is 0 Å². The number of hydrogen-bond donors (Lipinski definition) is 1. The van der Waals surface area contributed by atoms with Gasteiger partial charge in [-0.2, -0.15) is 5.10 Å². The molecule has 0 aliphatic heterocycles. The summed E-state index contributed by atoms with van der Waals surface area (Å²) >= 11 is 6.07. The fourth-order valence-corrected chi connectivity index (χ4v) is 1.84. The third-order valence-electron chi connectivity index (χ3n) is 2.48. The lowest BCUT2D eigenvalue weighted by molar-refractivity contribution is 0.791. The van der Waals surface area contributed by atoms with Crippen molar-refractivity contribution in [2.24, 2.45) is 5.73 Å². The van der Waals surface area contributed by atoms with E-state index in [0.29, 0.717) is 11.6 Å². The largest absolute Gasteiger partial charge is 0.330 e. The van der Waals surface area contributed by atoms with Gasteiger partial charge in [-0.1, -0.05) is 29.3 Å². The van der Waals surface area contributed by atoms with Crippen LogP contribution < -0.4 is 5.73 Å². The number of nitrogens with two attached hydrogens (primary N) is 1. The highest BCUT2D eigenvalue weighted by molar-refractivity contribution is 6.31. The number of rotatable bonds is 3. The maximum atomic E-state index is 6.07. The molecule has 4 heteroatoms. The van der Waals surface area contributed by atoms with Crippen molar-refractivity contribution in [1.82, 2.24) is 9.78 Å². The third-order valence-corrected chi connectivity index (χ3v) is 2.79. The summed E-state index contributed by atoms with van der Waals surface area (Å²) in [6.07, 6.45) is 2.39. The first-order valence-corrected chi connectivity index (χ1v) is 5.59. The monoisotopic (exact) mass is 235 g/mol. The zero-order valence-electron chi connectivity index (χ0n) is 9.15. The van der Waals surface area contributed by atoms with E-state index < -0.39 is 0 Å². The van der Waals surface area contributed by atoms with Gasteiger partial charge >= 0.3 is 0 Å². The highest BCUT2D eigenvalue weighted by Crippen LogP contribution is 2.19. The topological polar surface area (TPSA) is 43.8 Å². The number of aromatic nitrogens is 2. The van der Waals surface area contributed by atoms with Gasteiger partial charge in [-0.25, -0.2) is 4.68 Å². The lowest BCUT2D eigenvalue weighted by Gasteiger charge is -2.07. The quantitative estimate of drug-likeness (QED) is 0.888. The van der Waals surface area contributed by atoms with Gasteiger partial charge in [0.15, 0.2) is 0 Å². The Hall–Kier alpha value is -1.32. The third kappa shape index (κ3) is 2.10.